The van der Waals surface area contributed by atoms with Gasteiger partial charge in [0.15, 0.2) is 5.76 Å². The fourth-order valence-electron chi connectivity index (χ4n) is 2.61. The average molecular weight is 333 g/mol. The van der Waals surface area contributed by atoms with E-state index in [1.165, 1.54) is 0 Å². The first-order valence-electron chi connectivity index (χ1n) is 7.94. The second kappa shape index (κ2) is 7.65. The largest absolute Gasteiger partial charge is 0.497 e. The Kier molecular flexibility index (Phi) is 5.12. The van der Waals surface area contributed by atoms with Crippen LogP contribution in [0.15, 0.2) is 59.1 Å². The Hall–Kier alpha value is -3.10. The van der Waals surface area contributed by atoms with Crippen molar-refractivity contribution in [2.24, 2.45) is 0 Å². The molecular weight excluding hydrogens is 314 g/mol. The molecule has 25 heavy (non-hydrogen) atoms. The highest BCUT2D eigenvalue weighted by Gasteiger charge is 2.10. The van der Waals surface area contributed by atoms with Gasteiger partial charge < -0.3 is 9.15 Å². The molecule has 0 N–H and O–H groups in total. The molecule has 5 nitrogen and oxygen atoms in total. The molecule has 0 aliphatic rings. The Morgan fingerprint density at radius 3 is 2.68 bits per heavy atom. The maximum atomic E-state index is 8.98. The van der Waals surface area contributed by atoms with Crippen molar-refractivity contribution in [1.82, 2.24) is 9.88 Å². The van der Waals surface area contributed by atoms with Crippen molar-refractivity contribution >= 4 is 0 Å². The first-order chi connectivity index (χ1) is 12.2. The van der Waals surface area contributed by atoms with Gasteiger partial charge in [-0.25, -0.2) is 4.98 Å². The van der Waals surface area contributed by atoms with Crippen LogP contribution in [-0.2, 0) is 13.1 Å². The summed E-state index contributed by atoms with van der Waals surface area (Å²) in [5.41, 5.74) is 2.72. The van der Waals surface area contributed by atoms with Gasteiger partial charge in [-0.3, -0.25) is 4.90 Å². The van der Waals surface area contributed by atoms with Crippen molar-refractivity contribution in [3.63, 3.8) is 0 Å². The van der Waals surface area contributed by atoms with Gasteiger partial charge in [0.2, 0.25) is 5.89 Å². The van der Waals surface area contributed by atoms with Gasteiger partial charge in [0.25, 0.3) is 0 Å². The number of hydrogen-bond donors (Lipinski definition) is 0. The summed E-state index contributed by atoms with van der Waals surface area (Å²) in [7, 11) is 3.64. The standard InChI is InChI=1S/C20H19N3O2/c1-23(13-16-5-3-4-15(10-16)11-21)14-20-22-12-19(25-20)17-6-8-18(24-2)9-7-17/h3-10,12H,13-14H2,1-2H3. The third-order valence-electron chi connectivity index (χ3n) is 3.84. The number of oxazole rings is 1. The molecule has 1 heterocycles. The molecule has 0 fully saturated rings. The number of hydrogen-bond acceptors (Lipinski definition) is 5. The third-order valence-corrected chi connectivity index (χ3v) is 3.84. The minimum absolute atomic E-state index is 0.590. The first-order valence-corrected chi connectivity index (χ1v) is 7.94. The van der Waals surface area contributed by atoms with Crippen LogP contribution in [0.1, 0.15) is 17.0 Å². The van der Waals surface area contributed by atoms with Crippen LogP contribution in [0.3, 0.4) is 0 Å². The quantitative estimate of drug-likeness (QED) is 0.685. The van der Waals surface area contributed by atoms with Crippen LogP contribution in [-0.4, -0.2) is 24.0 Å². The second-order valence-corrected chi connectivity index (χ2v) is 5.83. The normalized spacial score (nSPS) is 10.6. The van der Waals surface area contributed by atoms with Crippen molar-refractivity contribution in [1.29, 1.82) is 5.26 Å². The summed E-state index contributed by atoms with van der Waals surface area (Å²) in [6, 6.07) is 17.4. The van der Waals surface area contributed by atoms with E-state index in [9.17, 15) is 0 Å². The lowest BCUT2D eigenvalue weighted by Gasteiger charge is -2.14. The Labute approximate surface area is 147 Å². The van der Waals surface area contributed by atoms with Crippen LogP contribution in [0, 0.1) is 11.3 Å². The van der Waals surface area contributed by atoms with Crippen LogP contribution < -0.4 is 4.74 Å². The lowest BCUT2D eigenvalue weighted by atomic mass is 10.1. The van der Waals surface area contributed by atoms with Crippen molar-refractivity contribution in [2.45, 2.75) is 13.1 Å². The molecule has 5 heteroatoms. The number of nitrogens with zero attached hydrogens (tertiary/aromatic N) is 3. The van der Waals surface area contributed by atoms with Crippen molar-refractivity contribution in [3.05, 3.63) is 71.7 Å². The number of methoxy groups -OCH3 is 1. The van der Waals surface area contributed by atoms with Gasteiger partial charge in [-0.15, -0.1) is 0 Å². The van der Waals surface area contributed by atoms with Gasteiger partial charge in [0.05, 0.1) is 31.5 Å². The summed E-state index contributed by atoms with van der Waals surface area (Å²) in [6.45, 7) is 1.31. The van der Waals surface area contributed by atoms with Crippen molar-refractivity contribution in [3.8, 4) is 23.1 Å². The van der Waals surface area contributed by atoms with Crippen LogP contribution in [0.5, 0.6) is 5.75 Å². The van der Waals surface area contributed by atoms with Gasteiger partial charge in [0, 0.05) is 12.1 Å². The van der Waals surface area contributed by atoms with E-state index in [4.69, 9.17) is 14.4 Å². The number of aromatic nitrogens is 1. The Bertz CT molecular complexity index is 878. The monoisotopic (exact) mass is 333 g/mol. The van der Waals surface area contributed by atoms with Gasteiger partial charge in [-0.05, 0) is 49.0 Å². The molecule has 0 unspecified atom stereocenters. The minimum atomic E-state index is 0.590. The fraction of sp³-hybridized carbons (Fsp3) is 0.200. The Morgan fingerprint density at radius 2 is 1.96 bits per heavy atom. The van der Waals surface area contributed by atoms with E-state index in [0.29, 0.717) is 18.0 Å². The third kappa shape index (κ3) is 4.25. The fourth-order valence-corrected chi connectivity index (χ4v) is 2.61. The molecule has 0 spiro atoms. The van der Waals surface area contributed by atoms with Gasteiger partial charge in [0.1, 0.15) is 5.75 Å². The van der Waals surface area contributed by atoms with E-state index in [-0.39, 0.29) is 0 Å². The predicted molar refractivity (Wildman–Crippen MR) is 94.8 cm³/mol. The number of nitriles is 1. The molecule has 2 aromatic carbocycles. The highest BCUT2D eigenvalue weighted by Crippen LogP contribution is 2.23. The van der Waals surface area contributed by atoms with Crippen LogP contribution in [0.4, 0.5) is 0 Å². The molecule has 0 bridgehead atoms. The zero-order chi connectivity index (χ0) is 17.6. The summed E-state index contributed by atoms with van der Waals surface area (Å²) in [5, 5.41) is 8.98. The molecule has 0 amide bonds. The molecule has 1 aromatic heterocycles. The van der Waals surface area contributed by atoms with Gasteiger partial charge in [-0.2, -0.15) is 5.26 Å². The summed E-state index contributed by atoms with van der Waals surface area (Å²) in [6.07, 6.45) is 1.74. The molecule has 0 radical (unpaired) electrons. The smallest absolute Gasteiger partial charge is 0.209 e. The first kappa shape index (κ1) is 16.7. The van der Waals surface area contributed by atoms with E-state index < -0.39 is 0 Å². The van der Waals surface area contributed by atoms with E-state index in [0.717, 1.165) is 29.2 Å². The Morgan fingerprint density at radius 1 is 1.16 bits per heavy atom. The van der Waals surface area contributed by atoms with Crippen LogP contribution in [0.2, 0.25) is 0 Å². The zero-order valence-corrected chi connectivity index (χ0v) is 14.3. The maximum Gasteiger partial charge on any atom is 0.209 e. The summed E-state index contributed by atoms with van der Waals surface area (Å²) in [5.74, 6) is 2.20. The van der Waals surface area contributed by atoms with Crippen molar-refractivity contribution < 1.29 is 9.15 Å². The van der Waals surface area contributed by atoms with E-state index in [1.54, 1.807) is 19.4 Å². The van der Waals surface area contributed by atoms with E-state index >= 15 is 0 Å². The van der Waals surface area contributed by atoms with Gasteiger partial charge in [-0.1, -0.05) is 12.1 Å². The maximum absolute atomic E-state index is 8.98. The van der Waals surface area contributed by atoms with E-state index in [1.807, 2.05) is 49.5 Å². The molecule has 0 saturated carbocycles. The molecule has 0 aliphatic carbocycles. The topological polar surface area (TPSA) is 62.3 Å². The Balaban J connectivity index is 1.65. The van der Waals surface area contributed by atoms with Crippen LogP contribution in [0.25, 0.3) is 11.3 Å². The lowest BCUT2D eigenvalue weighted by molar-refractivity contribution is 0.283. The highest BCUT2D eigenvalue weighted by atomic mass is 16.5. The van der Waals surface area contributed by atoms with Crippen molar-refractivity contribution in [2.75, 3.05) is 14.2 Å². The van der Waals surface area contributed by atoms with Crippen LogP contribution >= 0.6 is 0 Å². The summed E-state index contributed by atoms with van der Waals surface area (Å²) in [4.78, 5) is 6.46. The molecular formula is C20H19N3O2. The average Bonchev–Trinajstić information content (AvgIpc) is 3.10. The molecule has 0 aliphatic heterocycles. The number of ether oxygens (including phenoxy) is 1. The molecule has 126 valence electrons. The molecule has 3 rings (SSSR count). The summed E-state index contributed by atoms with van der Waals surface area (Å²) < 4.78 is 11.0. The molecule has 0 saturated heterocycles. The minimum Gasteiger partial charge on any atom is -0.497 e. The SMILES string of the molecule is COc1ccc(-c2cnc(CN(C)Cc3cccc(C#N)c3)o2)cc1. The molecule has 0 atom stereocenters. The predicted octanol–water partition coefficient (Wildman–Crippen LogP) is 3.85. The van der Waals surface area contributed by atoms with Gasteiger partial charge >= 0.3 is 0 Å². The zero-order valence-electron chi connectivity index (χ0n) is 14.3. The number of benzene rings is 2. The second-order valence-electron chi connectivity index (χ2n) is 5.83. The molecule has 3 aromatic rings. The highest BCUT2D eigenvalue weighted by molar-refractivity contribution is 5.57. The van der Waals surface area contributed by atoms with E-state index in [2.05, 4.69) is 16.0 Å². The summed E-state index contributed by atoms with van der Waals surface area (Å²) >= 11 is 0. The number of rotatable bonds is 6. The lowest BCUT2D eigenvalue weighted by Crippen LogP contribution is -2.17.